The Morgan fingerprint density at radius 3 is 2.18 bits per heavy atom. The maximum atomic E-state index is 17.1. The van der Waals surface area contributed by atoms with E-state index in [1.807, 2.05) is 27.7 Å². The topological polar surface area (TPSA) is 92.7 Å². The Balaban J connectivity index is 2.31. The fourth-order valence-electron chi connectivity index (χ4n) is 4.20. The van der Waals surface area contributed by atoms with Crippen LogP contribution in [0.5, 0.6) is 0 Å². The Labute approximate surface area is 198 Å². The standard InChI is InChI=1S/C25H27F2NO5S/c1-15(2)18-9-5-6-11-20(18)21-13-17(26)14-25(27,22-12-8-7-10-19(22)16(3)4)23(21)33-34(31,32)28-24(29)30/h5-16,23,28H,1-4H3,(H,29,30). The maximum absolute atomic E-state index is 17.1. The summed E-state index contributed by atoms with van der Waals surface area (Å²) in [6, 6.07) is 13.2. The van der Waals surface area contributed by atoms with Crippen molar-refractivity contribution in [3.63, 3.8) is 0 Å². The Morgan fingerprint density at radius 2 is 1.59 bits per heavy atom. The van der Waals surface area contributed by atoms with E-state index in [1.54, 1.807) is 42.5 Å². The number of amides is 1. The first kappa shape index (κ1) is 25.6. The molecule has 2 atom stereocenters. The number of halogens is 2. The average Bonchev–Trinajstić information content (AvgIpc) is 2.74. The first-order chi connectivity index (χ1) is 15.9. The zero-order chi connectivity index (χ0) is 25.3. The number of alkyl halides is 1. The van der Waals surface area contributed by atoms with Crippen LogP contribution in [0.25, 0.3) is 5.57 Å². The summed E-state index contributed by atoms with van der Waals surface area (Å²) < 4.78 is 63.5. The van der Waals surface area contributed by atoms with Crippen LogP contribution in [-0.4, -0.2) is 25.7 Å². The highest BCUT2D eigenvalue weighted by atomic mass is 32.2. The zero-order valence-electron chi connectivity index (χ0n) is 19.2. The second-order valence-corrected chi connectivity index (χ2v) is 10.0. The minimum atomic E-state index is -4.97. The zero-order valence-corrected chi connectivity index (χ0v) is 20.1. The Hall–Kier alpha value is -3.04. The molecule has 9 heteroatoms. The van der Waals surface area contributed by atoms with Gasteiger partial charge in [0.1, 0.15) is 11.9 Å². The molecule has 0 spiro atoms. The van der Waals surface area contributed by atoms with E-state index in [1.165, 1.54) is 10.8 Å². The van der Waals surface area contributed by atoms with Gasteiger partial charge in [-0.25, -0.2) is 17.8 Å². The molecule has 0 radical (unpaired) electrons. The number of carboxylic acid groups (broad SMARTS) is 1. The van der Waals surface area contributed by atoms with Crippen molar-refractivity contribution in [3.8, 4) is 0 Å². The van der Waals surface area contributed by atoms with Gasteiger partial charge in [-0.3, -0.25) is 0 Å². The number of rotatable bonds is 7. The van der Waals surface area contributed by atoms with Crippen molar-refractivity contribution < 1.29 is 31.3 Å². The minimum absolute atomic E-state index is 0.0308. The van der Waals surface area contributed by atoms with Crippen molar-refractivity contribution in [1.82, 2.24) is 4.72 Å². The highest BCUT2D eigenvalue weighted by Gasteiger charge is 2.49. The molecular weight excluding hydrogens is 464 g/mol. The molecule has 2 unspecified atom stereocenters. The van der Waals surface area contributed by atoms with E-state index in [9.17, 15) is 13.2 Å². The lowest BCUT2D eigenvalue weighted by Gasteiger charge is -2.37. The molecule has 0 heterocycles. The number of carbonyl (C=O) groups is 1. The molecule has 1 amide bonds. The van der Waals surface area contributed by atoms with Crippen LogP contribution >= 0.6 is 0 Å². The van der Waals surface area contributed by atoms with Crippen molar-refractivity contribution in [2.24, 2.45) is 0 Å². The van der Waals surface area contributed by atoms with Crippen LogP contribution in [0.1, 0.15) is 61.8 Å². The van der Waals surface area contributed by atoms with Gasteiger partial charge in [-0.15, -0.1) is 0 Å². The normalized spacial score (nSPS) is 20.8. The molecule has 34 heavy (non-hydrogen) atoms. The molecule has 2 aromatic rings. The fourth-order valence-corrected chi connectivity index (χ4v) is 4.96. The van der Waals surface area contributed by atoms with Crippen LogP contribution < -0.4 is 4.72 Å². The van der Waals surface area contributed by atoms with Crippen LogP contribution in [0.2, 0.25) is 0 Å². The molecule has 182 valence electrons. The van der Waals surface area contributed by atoms with E-state index >= 15 is 8.78 Å². The van der Waals surface area contributed by atoms with Gasteiger partial charge in [0, 0.05) is 0 Å². The van der Waals surface area contributed by atoms with E-state index < -0.39 is 34.0 Å². The van der Waals surface area contributed by atoms with Crippen LogP contribution in [0, 0.1) is 0 Å². The maximum Gasteiger partial charge on any atom is 0.420 e. The van der Waals surface area contributed by atoms with Crippen LogP contribution in [0.3, 0.4) is 0 Å². The number of benzene rings is 2. The van der Waals surface area contributed by atoms with Gasteiger partial charge in [0.25, 0.3) is 0 Å². The molecule has 2 N–H and O–H groups in total. The summed E-state index contributed by atoms with van der Waals surface area (Å²) in [6.07, 6.45) is -2.09. The number of nitrogens with one attached hydrogen (secondary N) is 1. The predicted molar refractivity (Wildman–Crippen MR) is 126 cm³/mol. The van der Waals surface area contributed by atoms with Crippen molar-refractivity contribution >= 4 is 22.0 Å². The van der Waals surface area contributed by atoms with Crippen LogP contribution in [0.15, 0.2) is 66.5 Å². The van der Waals surface area contributed by atoms with Gasteiger partial charge in [-0.2, -0.15) is 13.1 Å². The molecule has 0 saturated heterocycles. The third-order valence-corrected chi connectivity index (χ3v) is 6.50. The van der Waals surface area contributed by atoms with Gasteiger partial charge in [0.05, 0.1) is 0 Å². The Morgan fingerprint density at radius 1 is 1.03 bits per heavy atom. The first-order valence-electron chi connectivity index (χ1n) is 10.8. The van der Waals surface area contributed by atoms with Crippen molar-refractivity contribution in [3.05, 3.63) is 88.8 Å². The summed E-state index contributed by atoms with van der Waals surface area (Å²) in [5, 5.41) is 8.93. The van der Waals surface area contributed by atoms with Gasteiger partial charge in [0.15, 0.2) is 5.67 Å². The molecule has 1 aliphatic carbocycles. The van der Waals surface area contributed by atoms with E-state index in [4.69, 9.17) is 9.29 Å². The molecule has 2 aromatic carbocycles. The SMILES string of the molecule is CC(C)c1ccccc1C1=CC(F)=CC(F)(c2ccccc2C(C)C)C1OS(=O)(=O)NC(=O)O. The molecule has 0 aliphatic heterocycles. The lowest BCUT2D eigenvalue weighted by Crippen LogP contribution is -2.44. The molecule has 0 aromatic heterocycles. The fraction of sp³-hybridized carbons (Fsp3) is 0.320. The lowest BCUT2D eigenvalue weighted by molar-refractivity contribution is 0.0798. The molecule has 3 rings (SSSR count). The smallest absolute Gasteiger partial charge is 0.420 e. The summed E-state index contributed by atoms with van der Waals surface area (Å²) in [6.45, 7) is 7.44. The largest absolute Gasteiger partial charge is 0.464 e. The van der Waals surface area contributed by atoms with Gasteiger partial charge in [0.2, 0.25) is 0 Å². The van der Waals surface area contributed by atoms with Crippen molar-refractivity contribution in [2.75, 3.05) is 0 Å². The third-order valence-electron chi connectivity index (χ3n) is 5.63. The number of allylic oxidation sites excluding steroid dienone is 2. The van der Waals surface area contributed by atoms with Crippen LogP contribution in [-0.2, 0) is 20.2 Å². The third kappa shape index (κ3) is 5.20. The monoisotopic (exact) mass is 491 g/mol. The van der Waals surface area contributed by atoms with Gasteiger partial charge < -0.3 is 5.11 Å². The summed E-state index contributed by atoms with van der Waals surface area (Å²) in [5.74, 6) is -1.14. The summed E-state index contributed by atoms with van der Waals surface area (Å²) in [4.78, 5) is 11.0. The van der Waals surface area contributed by atoms with Gasteiger partial charge >= 0.3 is 16.4 Å². The number of hydrogen-bond acceptors (Lipinski definition) is 4. The van der Waals surface area contributed by atoms with Crippen LogP contribution in [0.4, 0.5) is 13.6 Å². The van der Waals surface area contributed by atoms with E-state index in [0.29, 0.717) is 17.2 Å². The lowest BCUT2D eigenvalue weighted by atomic mass is 9.75. The highest BCUT2D eigenvalue weighted by Crippen LogP contribution is 2.48. The summed E-state index contributed by atoms with van der Waals surface area (Å²) in [7, 11) is -4.97. The summed E-state index contributed by atoms with van der Waals surface area (Å²) in [5.41, 5.74) is -1.12. The van der Waals surface area contributed by atoms with Gasteiger partial charge in [-0.1, -0.05) is 76.2 Å². The summed E-state index contributed by atoms with van der Waals surface area (Å²) >= 11 is 0. The Kier molecular flexibility index (Phi) is 7.28. The van der Waals surface area contributed by atoms with E-state index in [2.05, 4.69) is 0 Å². The molecule has 1 aliphatic rings. The Bertz CT molecular complexity index is 1250. The molecule has 0 bridgehead atoms. The van der Waals surface area contributed by atoms with Crippen molar-refractivity contribution in [1.29, 1.82) is 0 Å². The predicted octanol–water partition coefficient (Wildman–Crippen LogP) is 5.95. The quantitative estimate of drug-likeness (QED) is 0.500. The average molecular weight is 492 g/mol. The highest BCUT2D eigenvalue weighted by molar-refractivity contribution is 7.85. The molecule has 6 nitrogen and oxygen atoms in total. The first-order valence-corrected chi connectivity index (χ1v) is 12.2. The molecule has 0 saturated carbocycles. The second-order valence-electron chi connectivity index (χ2n) is 8.72. The number of hydrogen-bond donors (Lipinski definition) is 2. The second kappa shape index (κ2) is 9.68. The van der Waals surface area contributed by atoms with E-state index in [-0.39, 0.29) is 23.0 Å². The molecular formula is C25H27F2NO5S. The molecule has 0 fully saturated rings. The van der Waals surface area contributed by atoms with Gasteiger partial charge in [-0.05, 0) is 51.8 Å². The van der Waals surface area contributed by atoms with E-state index in [0.717, 1.165) is 11.6 Å². The minimum Gasteiger partial charge on any atom is -0.464 e. The van der Waals surface area contributed by atoms with Crippen molar-refractivity contribution in [2.45, 2.75) is 51.3 Å².